The van der Waals surface area contributed by atoms with Gasteiger partial charge in [-0.15, -0.1) is 13.2 Å². The van der Waals surface area contributed by atoms with Gasteiger partial charge in [0, 0.05) is 33.9 Å². The number of aryl methyl sites for hydroxylation is 2. The first-order valence-electron chi connectivity index (χ1n) is 27.7. The van der Waals surface area contributed by atoms with Crippen LogP contribution in [0, 0.1) is 13.8 Å². The van der Waals surface area contributed by atoms with Crippen molar-refractivity contribution in [3.05, 3.63) is 328 Å². The highest BCUT2D eigenvalue weighted by molar-refractivity contribution is 5.92. The maximum atomic E-state index is 3.00. The van der Waals surface area contributed by atoms with Crippen LogP contribution in [-0.2, 0) is 0 Å². The lowest BCUT2D eigenvalue weighted by molar-refractivity contribution is 1.26. The summed E-state index contributed by atoms with van der Waals surface area (Å²) in [6.45, 7) is 14.5. The van der Waals surface area contributed by atoms with Crippen LogP contribution in [-0.4, -0.2) is 0 Å². The van der Waals surface area contributed by atoms with Crippen molar-refractivity contribution in [2.24, 2.45) is 0 Å². The average molecular weight is 1030 g/mol. The number of anilines is 6. The highest BCUT2D eigenvalue weighted by atomic mass is 15.1. The number of benzene rings is 12. The molecule has 12 aromatic carbocycles. The van der Waals surface area contributed by atoms with Crippen molar-refractivity contribution in [2.45, 2.75) is 27.7 Å². The predicted molar refractivity (Wildman–Crippen MR) is 346 cm³/mol. The Morgan fingerprint density at radius 2 is 0.438 bits per heavy atom. The molecular formula is C78H66N2. The van der Waals surface area contributed by atoms with Crippen LogP contribution < -0.4 is 9.80 Å². The fourth-order valence-corrected chi connectivity index (χ4v) is 10.7. The quantitative estimate of drug-likeness (QED) is 0.106. The van der Waals surface area contributed by atoms with Crippen LogP contribution in [0.5, 0.6) is 0 Å². The molecule has 80 heavy (non-hydrogen) atoms. The fraction of sp³-hybridized carbons (Fsp3) is 0.0513. The van der Waals surface area contributed by atoms with E-state index in [1.807, 2.05) is 13.8 Å². The van der Waals surface area contributed by atoms with Crippen LogP contribution in [0.4, 0.5) is 34.1 Å². The second kappa shape index (κ2) is 25.4. The molecule has 2 nitrogen and oxygen atoms in total. The van der Waals surface area contributed by atoms with Crippen LogP contribution in [0.3, 0.4) is 0 Å². The predicted octanol–water partition coefficient (Wildman–Crippen LogP) is 22.7. The molecule has 0 spiro atoms. The number of para-hydroxylation sites is 2. The summed E-state index contributed by atoms with van der Waals surface area (Å²) in [5.41, 5.74) is 25.7. The second-order valence-electron chi connectivity index (χ2n) is 19.4. The largest absolute Gasteiger partial charge is 0.310 e. The molecule has 0 atom stereocenters. The van der Waals surface area contributed by atoms with E-state index in [9.17, 15) is 0 Å². The normalized spacial score (nSPS) is 10.6. The summed E-state index contributed by atoms with van der Waals surface area (Å²) in [6.07, 6.45) is 0. The molecule has 0 amide bonds. The highest BCUT2D eigenvalue weighted by Crippen LogP contribution is 2.45. The smallest absolute Gasteiger partial charge is 0.0540 e. The Morgan fingerprint density at radius 1 is 0.212 bits per heavy atom. The molecule has 0 aliphatic rings. The van der Waals surface area contributed by atoms with Crippen molar-refractivity contribution in [3.63, 3.8) is 0 Å². The molecule has 388 valence electrons. The van der Waals surface area contributed by atoms with Gasteiger partial charge in [-0.25, -0.2) is 0 Å². The topological polar surface area (TPSA) is 6.48 Å². The van der Waals surface area contributed by atoms with Gasteiger partial charge in [-0.05, 0) is 152 Å². The molecule has 0 aliphatic heterocycles. The van der Waals surface area contributed by atoms with Gasteiger partial charge in [-0.1, -0.05) is 257 Å². The van der Waals surface area contributed by atoms with Crippen molar-refractivity contribution in [2.75, 3.05) is 9.80 Å². The standard InChI is InChI=1S/C74H56N2.C2H6.C2H4/c1-53-51-67(75(73-29-17-15-27-71(73)63-23-11-5-12-24-63)65-43-39-61(40-44-65)59-35-31-57(32-36-59)55-19-7-3-8-20-55)47-49-69(53)70-50-48-68(52-54(70)2)76(74-30-18-16-28-72(74)64-25-13-6-14-26-64)66-45-41-62(42-46-66)60-37-33-58(34-38-60)56-21-9-4-10-22-56;2*1-2/h3-52H,1-2H3;1-2H3;1-2H2. The van der Waals surface area contributed by atoms with E-state index in [0.29, 0.717) is 0 Å². The third kappa shape index (κ3) is 11.6. The molecule has 0 radical (unpaired) electrons. The van der Waals surface area contributed by atoms with E-state index in [0.717, 1.165) is 34.1 Å². The van der Waals surface area contributed by atoms with E-state index in [1.165, 1.54) is 89.0 Å². The van der Waals surface area contributed by atoms with E-state index in [2.05, 4.69) is 340 Å². The minimum atomic E-state index is 1.09. The summed E-state index contributed by atoms with van der Waals surface area (Å²) in [4.78, 5) is 4.81. The van der Waals surface area contributed by atoms with E-state index in [-0.39, 0.29) is 0 Å². The third-order valence-corrected chi connectivity index (χ3v) is 14.6. The second-order valence-corrected chi connectivity index (χ2v) is 19.4. The maximum Gasteiger partial charge on any atom is 0.0540 e. The zero-order valence-electron chi connectivity index (χ0n) is 46.2. The third-order valence-electron chi connectivity index (χ3n) is 14.6. The fourth-order valence-electron chi connectivity index (χ4n) is 10.7. The molecule has 0 N–H and O–H groups in total. The molecule has 0 bridgehead atoms. The van der Waals surface area contributed by atoms with Gasteiger partial charge < -0.3 is 9.80 Å². The molecule has 0 unspecified atom stereocenters. The lowest BCUT2D eigenvalue weighted by atomic mass is 9.94. The molecule has 0 aromatic heterocycles. The van der Waals surface area contributed by atoms with Crippen molar-refractivity contribution < 1.29 is 0 Å². The summed E-state index contributed by atoms with van der Waals surface area (Å²) in [5.74, 6) is 0. The van der Waals surface area contributed by atoms with Gasteiger partial charge in [0.1, 0.15) is 0 Å². The summed E-state index contributed by atoms with van der Waals surface area (Å²) < 4.78 is 0. The Balaban J connectivity index is 0.00000176. The van der Waals surface area contributed by atoms with Crippen LogP contribution in [0.2, 0.25) is 0 Å². The van der Waals surface area contributed by atoms with Gasteiger partial charge >= 0.3 is 0 Å². The molecule has 0 aliphatic carbocycles. The van der Waals surface area contributed by atoms with Gasteiger partial charge in [-0.2, -0.15) is 0 Å². The Kier molecular flexibility index (Phi) is 17.0. The molecule has 12 aromatic rings. The van der Waals surface area contributed by atoms with Gasteiger partial charge in [0.2, 0.25) is 0 Å². The van der Waals surface area contributed by atoms with E-state index in [1.54, 1.807) is 0 Å². The SMILES string of the molecule is C=C.CC.Cc1cc(N(c2ccc(-c3ccc(-c4ccccc4)cc3)cc2)c2ccccc2-c2ccccc2)ccc1-c1ccc(N(c2ccc(-c3ccc(-c4ccccc4)cc3)cc2)c2ccccc2-c2ccccc2)cc1C. The first-order chi connectivity index (χ1) is 39.5. The van der Waals surface area contributed by atoms with Gasteiger partial charge in [0.25, 0.3) is 0 Å². The first kappa shape index (κ1) is 53.4. The Hall–Kier alpha value is -10.0. The molecular weight excluding hydrogens is 965 g/mol. The van der Waals surface area contributed by atoms with E-state index >= 15 is 0 Å². The van der Waals surface area contributed by atoms with E-state index in [4.69, 9.17) is 0 Å². The Labute approximate surface area is 474 Å². The lowest BCUT2D eigenvalue weighted by Gasteiger charge is -2.29. The van der Waals surface area contributed by atoms with Gasteiger partial charge in [-0.3, -0.25) is 0 Å². The molecule has 12 rings (SSSR count). The van der Waals surface area contributed by atoms with Crippen LogP contribution in [0.15, 0.2) is 316 Å². The minimum absolute atomic E-state index is 1.09. The molecule has 0 heterocycles. The van der Waals surface area contributed by atoms with Crippen molar-refractivity contribution in [1.82, 2.24) is 0 Å². The lowest BCUT2D eigenvalue weighted by Crippen LogP contribution is -2.12. The van der Waals surface area contributed by atoms with Crippen molar-refractivity contribution in [3.8, 4) is 77.9 Å². The maximum absolute atomic E-state index is 3.00. The molecule has 0 saturated heterocycles. The van der Waals surface area contributed by atoms with Gasteiger partial charge in [0.15, 0.2) is 0 Å². The zero-order chi connectivity index (χ0) is 55.2. The highest BCUT2D eigenvalue weighted by Gasteiger charge is 2.21. The summed E-state index contributed by atoms with van der Waals surface area (Å²) in [7, 11) is 0. The molecule has 0 fully saturated rings. The average Bonchev–Trinajstić information content (AvgIpc) is 3.66. The monoisotopic (exact) mass is 1030 g/mol. The van der Waals surface area contributed by atoms with Gasteiger partial charge in [0.05, 0.1) is 11.4 Å². The molecule has 2 heteroatoms. The van der Waals surface area contributed by atoms with Crippen molar-refractivity contribution in [1.29, 1.82) is 0 Å². The van der Waals surface area contributed by atoms with Crippen LogP contribution >= 0.6 is 0 Å². The number of nitrogens with zero attached hydrogens (tertiary/aromatic N) is 2. The number of hydrogen-bond acceptors (Lipinski definition) is 2. The van der Waals surface area contributed by atoms with Crippen LogP contribution in [0.25, 0.3) is 77.9 Å². The van der Waals surface area contributed by atoms with Crippen LogP contribution in [0.1, 0.15) is 25.0 Å². The Morgan fingerprint density at radius 3 is 0.725 bits per heavy atom. The summed E-state index contributed by atoms with van der Waals surface area (Å²) >= 11 is 0. The first-order valence-corrected chi connectivity index (χ1v) is 27.7. The summed E-state index contributed by atoms with van der Waals surface area (Å²) in [6, 6.07) is 110. The summed E-state index contributed by atoms with van der Waals surface area (Å²) in [5, 5.41) is 0. The molecule has 0 saturated carbocycles. The zero-order valence-corrected chi connectivity index (χ0v) is 46.2. The minimum Gasteiger partial charge on any atom is -0.310 e. The Bertz CT molecular complexity index is 3650. The number of rotatable bonds is 13. The van der Waals surface area contributed by atoms with Crippen molar-refractivity contribution >= 4 is 34.1 Å². The van der Waals surface area contributed by atoms with E-state index < -0.39 is 0 Å². The number of hydrogen-bond donors (Lipinski definition) is 0.